The smallest absolute Gasteiger partial charge is 0.261 e. The zero-order valence-electron chi connectivity index (χ0n) is 15.4. The average molecular weight is 506 g/mol. The van der Waals surface area contributed by atoms with Crippen LogP contribution in [-0.4, -0.2) is 14.3 Å². The molecule has 0 fully saturated rings. The molecule has 0 aliphatic heterocycles. The fourth-order valence-electron chi connectivity index (χ4n) is 2.64. The third-order valence-corrected chi connectivity index (χ3v) is 6.36. The van der Waals surface area contributed by atoms with Crippen molar-refractivity contribution in [2.75, 3.05) is 10.0 Å². The van der Waals surface area contributed by atoms with E-state index in [9.17, 15) is 13.2 Å². The number of hydrogen-bond donors (Lipinski definition) is 2. The summed E-state index contributed by atoms with van der Waals surface area (Å²) in [6.07, 6.45) is 0. The number of benzene rings is 3. The second-order valence-electron chi connectivity index (χ2n) is 6.36. The molecule has 7 heteroatoms. The topological polar surface area (TPSA) is 75.3 Å². The lowest BCUT2D eigenvalue weighted by atomic mass is 10.1. The van der Waals surface area contributed by atoms with E-state index in [0.29, 0.717) is 22.5 Å². The third-order valence-electron chi connectivity index (χ3n) is 4.26. The third kappa shape index (κ3) is 4.71. The summed E-state index contributed by atoms with van der Waals surface area (Å²) in [4.78, 5) is 12.8. The van der Waals surface area contributed by atoms with Gasteiger partial charge in [0, 0.05) is 14.8 Å². The highest BCUT2D eigenvalue weighted by atomic mass is 127. The summed E-state index contributed by atoms with van der Waals surface area (Å²) in [5.41, 5.74) is 2.99. The number of rotatable bonds is 5. The van der Waals surface area contributed by atoms with E-state index < -0.39 is 10.0 Å². The van der Waals surface area contributed by atoms with Crippen molar-refractivity contribution in [3.63, 3.8) is 0 Å². The van der Waals surface area contributed by atoms with Crippen molar-refractivity contribution in [3.05, 3.63) is 87.0 Å². The molecule has 5 nitrogen and oxygen atoms in total. The lowest BCUT2D eigenvalue weighted by Gasteiger charge is -2.14. The fourth-order valence-corrected chi connectivity index (χ4v) is 4.13. The van der Waals surface area contributed by atoms with Gasteiger partial charge in [-0.15, -0.1) is 0 Å². The van der Waals surface area contributed by atoms with Crippen molar-refractivity contribution < 1.29 is 13.2 Å². The fraction of sp³-hybridized carbons (Fsp3) is 0.0952. The Hall–Kier alpha value is -2.39. The van der Waals surface area contributed by atoms with Gasteiger partial charge in [-0.3, -0.25) is 9.52 Å². The van der Waals surface area contributed by atoms with Crippen molar-refractivity contribution in [2.45, 2.75) is 18.7 Å². The summed E-state index contributed by atoms with van der Waals surface area (Å²) in [6.45, 7) is 3.61. The van der Waals surface area contributed by atoms with Crippen LogP contribution in [0.1, 0.15) is 21.5 Å². The van der Waals surface area contributed by atoms with Crippen LogP contribution in [0, 0.1) is 17.4 Å². The summed E-state index contributed by atoms with van der Waals surface area (Å²) in [5, 5.41) is 2.83. The van der Waals surface area contributed by atoms with Gasteiger partial charge in [0.25, 0.3) is 15.9 Å². The summed E-state index contributed by atoms with van der Waals surface area (Å²) < 4.78 is 29.0. The Kier molecular flexibility index (Phi) is 6.04. The standard InChI is InChI=1S/C21H19IN2O3S/c1-14-6-12-18(13-7-14)28(26,27)24-20-5-3-4-19(15(20)2)21(25)23-17-10-8-16(22)9-11-17/h3-13,24H,1-2H3,(H,23,25). The van der Waals surface area contributed by atoms with Crippen LogP contribution >= 0.6 is 22.6 Å². The van der Waals surface area contributed by atoms with Crippen LogP contribution in [0.15, 0.2) is 71.6 Å². The van der Waals surface area contributed by atoms with E-state index >= 15 is 0 Å². The Balaban J connectivity index is 1.85. The molecule has 2 N–H and O–H groups in total. The van der Waals surface area contributed by atoms with Crippen molar-refractivity contribution >= 4 is 49.9 Å². The first-order chi connectivity index (χ1) is 13.3. The molecule has 0 heterocycles. The molecule has 0 unspecified atom stereocenters. The molecule has 3 aromatic rings. The zero-order valence-corrected chi connectivity index (χ0v) is 18.3. The van der Waals surface area contributed by atoms with E-state index in [1.54, 1.807) is 49.4 Å². The lowest BCUT2D eigenvalue weighted by molar-refractivity contribution is 0.102. The molecular formula is C21H19IN2O3S. The molecule has 0 spiro atoms. The van der Waals surface area contributed by atoms with Gasteiger partial charge in [0.1, 0.15) is 0 Å². The van der Waals surface area contributed by atoms with E-state index in [2.05, 4.69) is 32.6 Å². The maximum absolute atomic E-state index is 12.7. The normalized spacial score (nSPS) is 11.1. The van der Waals surface area contributed by atoms with Crippen LogP contribution < -0.4 is 10.0 Å². The SMILES string of the molecule is Cc1ccc(S(=O)(=O)Nc2cccc(C(=O)Nc3ccc(I)cc3)c2C)cc1. The number of nitrogens with one attached hydrogen (secondary N) is 2. The van der Waals surface area contributed by atoms with Gasteiger partial charge in [-0.25, -0.2) is 8.42 Å². The molecule has 0 bridgehead atoms. The molecule has 0 aliphatic carbocycles. The first-order valence-electron chi connectivity index (χ1n) is 8.52. The minimum Gasteiger partial charge on any atom is -0.322 e. The maximum Gasteiger partial charge on any atom is 0.261 e. The van der Waals surface area contributed by atoms with Crippen LogP contribution in [0.2, 0.25) is 0 Å². The van der Waals surface area contributed by atoms with Crippen molar-refractivity contribution in [1.82, 2.24) is 0 Å². The lowest BCUT2D eigenvalue weighted by Crippen LogP contribution is -2.17. The number of hydrogen-bond acceptors (Lipinski definition) is 3. The summed E-state index contributed by atoms with van der Waals surface area (Å²) in [7, 11) is -3.74. The Labute approximate surface area is 178 Å². The Morgan fingerprint density at radius 1 is 0.893 bits per heavy atom. The van der Waals surface area contributed by atoms with Gasteiger partial charge in [-0.05, 0) is 90.5 Å². The number of amides is 1. The van der Waals surface area contributed by atoms with E-state index in [4.69, 9.17) is 0 Å². The van der Waals surface area contributed by atoms with Gasteiger partial charge in [0.15, 0.2) is 0 Å². The monoisotopic (exact) mass is 506 g/mol. The largest absolute Gasteiger partial charge is 0.322 e. The highest BCUT2D eigenvalue weighted by molar-refractivity contribution is 14.1. The Morgan fingerprint density at radius 2 is 1.54 bits per heavy atom. The molecule has 0 saturated heterocycles. The molecular weight excluding hydrogens is 487 g/mol. The molecule has 0 aliphatic rings. The van der Waals surface area contributed by atoms with Crippen LogP contribution in [0.5, 0.6) is 0 Å². The van der Waals surface area contributed by atoms with Crippen molar-refractivity contribution in [3.8, 4) is 0 Å². The molecule has 0 saturated carbocycles. The Morgan fingerprint density at radius 3 is 2.18 bits per heavy atom. The van der Waals surface area contributed by atoms with Crippen LogP contribution in [0.25, 0.3) is 0 Å². The van der Waals surface area contributed by atoms with Gasteiger partial charge < -0.3 is 5.32 Å². The quantitative estimate of drug-likeness (QED) is 0.481. The minimum atomic E-state index is -3.74. The second-order valence-corrected chi connectivity index (χ2v) is 9.29. The molecule has 3 rings (SSSR count). The van der Waals surface area contributed by atoms with Crippen molar-refractivity contribution in [1.29, 1.82) is 0 Å². The van der Waals surface area contributed by atoms with Gasteiger partial charge in [0.2, 0.25) is 0 Å². The van der Waals surface area contributed by atoms with E-state index in [1.807, 2.05) is 31.2 Å². The molecule has 0 aromatic heterocycles. The van der Waals surface area contributed by atoms with Gasteiger partial charge >= 0.3 is 0 Å². The van der Waals surface area contributed by atoms with Crippen LogP contribution in [0.4, 0.5) is 11.4 Å². The zero-order chi connectivity index (χ0) is 20.3. The van der Waals surface area contributed by atoms with Gasteiger partial charge in [-0.1, -0.05) is 23.8 Å². The predicted molar refractivity (Wildman–Crippen MR) is 120 cm³/mol. The van der Waals surface area contributed by atoms with Gasteiger partial charge in [-0.2, -0.15) is 0 Å². The molecule has 28 heavy (non-hydrogen) atoms. The number of carbonyl (C=O) groups excluding carboxylic acids is 1. The summed E-state index contributed by atoms with van der Waals surface area (Å²) >= 11 is 2.19. The number of aryl methyl sites for hydroxylation is 1. The average Bonchev–Trinajstić information content (AvgIpc) is 2.65. The minimum absolute atomic E-state index is 0.172. The molecule has 144 valence electrons. The summed E-state index contributed by atoms with van der Waals surface area (Å²) in [6, 6.07) is 19.0. The molecule has 0 radical (unpaired) electrons. The maximum atomic E-state index is 12.7. The van der Waals surface area contributed by atoms with Gasteiger partial charge in [0.05, 0.1) is 10.6 Å². The second kappa shape index (κ2) is 8.32. The number of sulfonamides is 1. The first kappa shape index (κ1) is 20.3. The first-order valence-corrected chi connectivity index (χ1v) is 11.1. The van der Waals surface area contributed by atoms with Crippen LogP contribution in [-0.2, 0) is 10.0 Å². The number of halogens is 1. The number of anilines is 2. The summed E-state index contributed by atoms with van der Waals surface area (Å²) in [5.74, 6) is -0.296. The van der Waals surface area contributed by atoms with Crippen LogP contribution in [0.3, 0.4) is 0 Å². The predicted octanol–water partition coefficient (Wildman–Crippen LogP) is 4.96. The molecule has 1 amide bonds. The highest BCUT2D eigenvalue weighted by Gasteiger charge is 2.18. The van der Waals surface area contributed by atoms with E-state index in [0.717, 1.165) is 9.13 Å². The number of carbonyl (C=O) groups is 1. The van der Waals surface area contributed by atoms with Crippen molar-refractivity contribution in [2.24, 2.45) is 0 Å². The van der Waals surface area contributed by atoms with E-state index in [1.165, 1.54) is 0 Å². The highest BCUT2D eigenvalue weighted by Crippen LogP contribution is 2.24. The molecule has 0 atom stereocenters. The van der Waals surface area contributed by atoms with E-state index in [-0.39, 0.29) is 10.8 Å². The Bertz CT molecular complexity index is 1110. The molecule has 3 aromatic carbocycles.